The fraction of sp³-hybridized carbons (Fsp3) is 0.423. The van der Waals surface area contributed by atoms with E-state index in [0.717, 1.165) is 30.4 Å². The molecule has 2 fully saturated rings. The monoisotopic (exact) mass is 549 g/mol. The minimum Gasteiger partial charge on any atom is -0.403 e. The normalized spacial score (nSPS) is 19.4. The molecule has 2 atom stereocenters. The first kappa shape index (κ1) is 27.0. The molecule has 3 aromatic rings. The van der Waals surface area contributed by atoms with Gasteiger partial charge in [0.1, 0.15) is 0 Å². The summed E-state index contributed by atoms with van der Waals surface area (Å²) in [6.45, 7) is 2.63. The summed E-state index contributed by atoms with van der Waals surface area (Å²) in [5, 5.41) is 10.0. The van der Waals surface area contributed by atoms with Crippen LogP contribution in [0.3, 0.4) is 0 Å². The van der Waals surface area contributed by atoms with Crippen LogP contribution in [-0.4, -0.2) is 67.3 Å². The zero-order chi connectivity index (χ0) is 27.4. The minimum atomic E-state index is -5.04. The van der Waals surface area contributed by atoms with Gasteiger partial charge in [-0.1, -0.05) is 12.1 Å². The molecule has 2 saturated heterocycles. The molecule has 0 bridgehead atoms. The third-order valence-electron chi connectivity index (χ3n) is 6.55. The van der Waals surface area contributed by atoms with E-state index in [-0.39, 0.29) is 11.6 Å². The van der Waals surface area contributed by atoms with Crippen LogP contribution in [0, 0.1) is 5.82 Å². The minimum absolute atomic E-state index is 0.195. The van der Waals surface area contributed by atoms with Gasteiger partial charge >= 0.3 is 6.36 Å². The number of anilines is 1. The van der Waals surface area contributed by atoms with E-state index in [4.69, 9.17) is 9.47 Å². The number of carbonyl (C=O) groups excluding carboxylic acids is 1. The van der Waals surface area contributed by atoms with Crippen LogP contribution in [0.2, 0.25) is 0 Å². The second-order valence-electron chi connectivity index (χ2n) is 9.30. The summed E-state index contributed by atoms with van der Waals surface area (Å²) in [6.07, 6.45) is -2.27. The first-order valence-electron chi connectivity index (χ1n) is 12.5. The zero-order valence-corrected chi connectivity index (χ0v) is 20.8. The first-order valence-corrected chi connectivity index (χ1v) is 12.5. The van der Waals surface area contributed by atoms with Crippen LogP contribution in [0.1, 0.15) is 34.8 Å². The molecule has 2 aliphatic heterocycles. The van der Waals surface area contributed by atoms with Crippen molar-refractivity contribution in [2.45, 2.75) is 37.4 Å². The number of benzene rings is 2. The van der Waals surface area contributed by atoms with Crippen LogP contribution in [0.15, 0.2) is 42.6 Å². The van der Waals surface area contributed by atoms with Gasteiger partial charge in [0, 0.05) is 49.5 Å². The molecule has 5 rings (SSSR count). The third kappa shape index (κ3) is 6.91. The van der Waals surface area contributed by atoms with E-state index in [1.807, 2.05) is 0 Å². The summed E-state index contributed by atoms with van der Waals surface area (Å²) in [5.41, 5.74) is 1.08. The van der Waals surface area contributed by atoms with Crippen molar-refractivity contribution in [2.24, 2.45) is 0 Å². The van der Waals surface area contributed by atoms with Crippen molar-refractivity contribution < 1.29 is 36.6 Å². The average Bonchev–Trinajstić information content (AvgIpc) is 2.93. The molecular formula is C26H27F4N5O4. The number of hydrogen-bond donors (Lipinski definition) is 3. The molecule has 3 heterocycles. The van der Waals surface area contributed by atoms with Crippen molar-refractivity contribution in [3.63, 3.8) is 0 Å². The Bertz CT molecular complexity index is 1310. The molecule has 0 radical (unpaired) electrons. The summed E-state index contributed by atoms with van der Waals surface area (Å²) >= 11 is 0. The highest BCUT2D eigenvalue weighted by Gasteiger charge is 2.33. The molecule has 0 spiro atoms. The van der Waals surface area contributed by atoms with Gasteiger partial charge < -0.3 is 30.2 Å². The highest BCUT2D eigenvalue weighted by Crippen LogP contribution is 2.30. The number of ether oxygens (including phenoxy) is 3. The number of alkyl halides is 3. The Kier molecular flexibility index (Phi) is 8.10. The van der Waals surface area contributed by atoms with Crippen LogP contribution < -0.4 is 20.7 Å². The van der Waals surface area contributed by atoms with Crippen LogP contribution in [0.25, 0.3) is 10.9 Å². The Balaban J connectivity index is 1.37. The Morgan fingerprint density at radius 1 is 1.13 bits per heavy atom. The predicted molar refractivity (Wildman–Crippen MR) is 133 cm³/mol. The van der Waals surface area contributed by atoms with E-state index in [1.165, 1.54) is 6.07 Å². The smallest absolute Gasteiger partial charge is 0.403 e. The third-order valence-corrected chi connectivity index (χ3v) is 6.55. The zero-order valence-electron chi connectivity index (χ0n) is 20.8. The molecule has 9 nitrogen and oxygen atoms in total. The number of aromatic nitrogens is 2. The van der Waals surface area contributed by atoms with Gasteiger partial charge in [0.25, 0.3) is 5.91 Å². The largest absolute Gasteiger partial charge is 0.573 e. The molecule has 2 aliphatic rings. The highest BCUT2D eigenvalue weighted by molar-refractivity contribution is 5.98. The molecule has 208 valence electrons. The molecule has 0 saturated carbocycles. The van der Waals surface area contributed by atoms with Crippen molar-refractivity contribution in [1.82, 2.24) is 20.6 Å². The van der Waals surface area contributed by atoms with Crippen LogP contribution in [0.4, 0.5) is 23.5 Å². The Hall–Kier alpha value is -3.55. The lowest BCUT2D eigenvalue weighted by Crippen LogP contribution is -2.47. The number of nitrogens with one attached hydrogen (secondary N) is 3. The molecule has 2 aromatic carbocycles. The average molecular weight is 550 g/mol. The maximum Gasteiger partial charge on any atom is 0.573 e. The van der Waals surface area contributed by atoms with Gasteiger partial charge in [0.05, 0.1) is 24.3 Å². The second-order valence-corrected chi connectivity index (χ2v) is 9.30. The fourth-order valence-corrected chi connectivity index (χ4v) is 4.59. The van der Waals surface area contributed by atoms with E-state index < -0.39 is 36.0 Å². The van der Waals surface area contributed by atoms with Gasteiger partial charge in [-0.3, -0.25) is 4.79 Å². The number of nitrogens with zero attached hydrogens (tertiary/aromatic N) is 2. The molecule has 13 heteroatoms. The van der Waals surface area contributed by atoms with Crippen molar-refractivity contribution in [2.75, 3.05) is 38.2 Å². The van der Waals surface area contributed by atoms with Gasteiger partial charge in [0.15, 0.2) is 11.6 Å². The number of rotatable bonds is 7. The van der Waals surface area contributed by atoms with E-state index in [0.29, 0.717) is 49.9 Å². The topological polar surface area (TPSA) is 107 Å². The Labute approximate surface area is 221 Å². The lowest BCUT2D eigenvalue weighted by Gasteiger charge is -2.32. The fourth-order valence-electron chi connectivity index (χ4n) is 4.59. The van der Waals surface area contributed by atoms with Crippen molar-refractivity contribution in [3.8, 4) is 5.75 Å². The lowest BCUT2D eigenvalue weighted by molar-refractivity contribution is -0.275. The quantitative estimate of drug-likeness (QED) is 0.383. The summed E-state index contributed by atoms with van der Waals surface area (Å²) < 4.78 is 67.2. The number of fused-ring (bicyclic) bond motifs is 1. The molecular weight excluding hydrogens is 522 g/mol. The van der Waals surface area contributed by atoms with Gasteiger partial charge in [0.2, 0.25) is 5.95 Å². The SMILES string of the molecule is O=C(NC(c1ccc(OC(F)(F)F)c(F)c1)[C@H]1CNCCO1)c1ccc2cnc(NC3CCOCC3)nc2c1. The van der Waals surface area contributed by atoms with E-state index in [9.17, 15) is 22.4 Å². The van der Waals surface area contributed by atoms with E-state index in [1.54, 1.807) is 24.4 Å². The number of halogens is 4. The molecule has 1 unspecified atom stereocenters. The summed E-state index contributed by atoms with van der Waals surface area (Å²) in [5.74, 6) is -2.20. The number of hydrogen-bond acceptors (Lipinski definition) is 8. The molecule has 39 heavy (non-hydrogen) atoms. The lowest BCUT2D eigenvalue weighted by atomic mass is 9.99. The standard InChI is InChI=1S/C26H27F4N5O4/c27-19-11-15(3-4-21(19)39-26(28,29)30)23(22-14-31-7-10-38-22)35-24(36)16-1-2-17-13-32-25(34-20(17)12-16)33-18-5-8-37-9-6-18/h1-4,11-13,18,22-23,31H,5-10,14H2,(H,35,36)(H,32,33,34)/t22-,23?/m1/s1. The molecule has 0 aliphatic carbocycles. The van der Waals surface area contributed by atoms with E-state index in [2.05, 4.69) is 30.7 Å². The molecule has 1 aromatic heterocycles. The highest BCUT2D eigenvalue weighted by atomic mass is 19.4. The van der Waals surface area contributed by atoms with Gasteiger partial charge in [-0.15, -0.1) is 13.2 Å². The summed E-state index contributed by atoms with van der Waals surface area (Å²) in [7, 11) is 0. The van der Waals surface area contributed by atoms with Gasteiger partial charge in [-0.2, -0.15) is 0 Å². The number of amides is 1. The van der Waals surface area contributed by atoms with Crippen LogP contribution >= 0.6 is 0 Å². The maximum atomic E-state index is 14.5. The van der Waals surface area contributed by atoms with Gasteiger partial charge in [-0.05, 0) is 42.7 Å². The van der Waals surface area contributed by atoms with Crippen LogP contribution in [0.5, 0.6) is 5.75 Å². The van der Waals surface area contributed by atoms with E-state index >= 15 is 0 Å². The maximum absolute atomic E-state index is 14.5. The van der Waals surface area contributed by atoms with Crippen molar-refractivity contribution in [1.29, 1.82) is 0 Å². The summed E-state index contributed by atoms with van der Waals surface area (Å²) in [4.78, 5) is 22.2. The van der Waals surface area contributed by atoms with Crippen molar-refractivity contribution in [3.05, 3.63) is 59.5 Å². The second kappa shape index (κ2) is 11.7. The summed E-state index contributed by atoms with van der Waals surface area (Å²) in [6, 6.07) is 7.37. The molecule has 1 amide bonds. The van der Waals surface area contributed by atoms with Gasteiger partial charge in [-0.25, -0.2) is 14.4 Å². The molecule has 3 N–H and O–H groups in total. The Morgan fingerprint density at radius 2 is 1.95 bits per heavy atom. The first-order chi connectivity index (χ1) is 18.7. The number of morpholine rings is 1. The number of carbonyl (C=O) groups is 1. The predicted octanol–water partition coefficient (Wildman–Crippen LogP) is 3.72. The Morgan fingerprint density at radius 3 is 2.67 bits per heavy atom. The van der Waals surface area contributed by atoms with Crippen LogP contribution in [-0.2, 0) is 9.47 Å². The van der Waals surface area contributed by atoms with Crippen molar-refractivity contribution >= 4 is 22.8 Å².